The first-order chi connectivity index (χ1) is 14.6. The highest BCUT2D eigenvalue weighted by Crippen LogP contribution is 2.15. The van der Waals surface area contributed by atoms with Gasteiger partial charge in [0.15, 0.2) is 0 Å². The number of nitrogens with zero attached hydrogens (tertiary/aromatic N) is 4. The Kier molecular flexibility index (Phi) is 5.60. The molecular weight excluding hydrogens is 386 g/mol. The summed E-state index contributed by atoms with van der Waals surface area (Å²) in [4.78, 5) is 44.2. The monoisotopic (exact) mass is 407 g/mol. The van der Waals surface area contributed by atoms with E-state index in [0.717, 1.165) is 10.4 Å². The van der Waals surface area contributed by atoms with Crippen LogP contribution in [-0.2, 0) is 11.3 Å². The molecule has 1 aliphatic rings. The summed E-state index contributed by atoms with van der Waals surface area (Å²) in [7, 11) is 0. The Balaban J connectivity index is 1.32. The SMILES string of the molecule is O=C(Cn1oc(-c2ccccc2)nc1=O)N1CCN(C(=O)Nc2ccccc2)CC1. The molecule has 1 N–H and O–H groups in total. The molecule has 0 atom stereocenters. The van der Waals surface area contributed by atoms with Gasteiger partial charge < -0.3 is 19.6 Å². The minimum absolute atomic E-state index is 0.177. The molecule has 1 aliphatic heterocycles. The third kappa shape index (κ3) is 4.40. The van der Waals surface area contributed by atoms with Crippen molar-refractivity contribution in [2.45, 2.75) is 6.54 Å². The summed E-state index contributed by atoms with van der Waals surface area (Å²) in [6, 6.07) is 18.0. The van der Waals surface area contributed by atoms with Crippen molar-refractivity contribution in [3.63, 3.8) is 0 Å². The lowest BCUT2D eigenvalue weighted by atomic mass is 10.2. The lowest BCUT2D eigenvalue weighted by molar-refractivity contribution is -0.134. The second-order valence-corrected chi connectivity index (χ2v) is 6.86. The van der Waals surface area contributed by atoms with Gasteiger partial charge >= 0.3 is 11.7 Å². The van der Waals surface area contributed by atoms with E-state index in [4.69, 9.17) is 4.52 Å². The van der Waals surface area contributed by atoms with Crippen LogP contribution in [0.25, 0.3) is 11.5 Å². The van der Waals surface area contributed by atoms with Gasteiger partial charge in [0.05, 0.1) is 0 Å². The summed E-state index contributed by atoms with van der Waals surface area (Å²) in [5.41, 5.74) is 0.779. The van der Waals surface area contributed by atoms with Gasteiger partial charge in [-0.25, -0.2) is 9.59 Å². The van der Waals surface area contributed by atoms with E-state index < -0.39 is 5.69 Å². The molecule has 3 amide bonds. The number of hydrogen-bond acceptors (Lipinski definition) is 5. The lowest BCUT2D eigenvalue weighted by Crippen LogP contribution is -2.52. The van der Waals surface area contributed by atoms with Crippen molar-refractivity contribution >= 4 is 17.6 Å². The molecule has 0 bridgehead atoms. The molecule has 9 heteroatoms. The molecule has 1 saturated heterocycles. The molecule has 0 unspecified atom stereocenters. The zero-order chi connectivity index (χ0) is 20.9. The maximum absolute atomic E-state index is 12.6. The van der Waals surface area contributed by atoms with Crippen LogP contribution in [0.4, 0.5) is 10.5 Å². The Morgan fingerprint density at radius 1 is 0.900 bits per heavy atom. The molecule has 4 rings (SSSR count). The van der Waals surface area contributed by atoms with Crippen LogP contribution in [0.3, 0.4) is 0 Å². The number of nitrogens with one attached hydrogen (secondary N) is 1. The Morgan fingerprint density at radius 2 is 1.50 bits per heavy atom. The van der Waals surface area contributed by atoms with Crippen molar-refractivity contribution in [2.75, 3.05) is 31.5 Å². The maximum Gasteiger partial charge on any atom is 0.380 e. The Morgan fingerprint density at radius 3 is 2.17 bits per heavy atom. The number of para-hydroxylation sites is 1. The van der Waals surface area contributed by atoms with E-state index in [0.29, 0.717) is 31.7 Å². The average molecular weight is 407 g/mol. The van der Waals surface area contributed by atoms with Crippen molar-refractivity contribution in [3.05, 3.63) is 71.1 Å². The van der Waals surface area contributed by atoms with Crippen LogP contribution < -0.4 is 11.0 Å². The summed E-state index contributed by atoms with van der Waals surface area (Å²) >= 11 is 0. The molecule has 1 fully saturated rings. The lowest BCUT2D eigenvalue weighted by Gasteiger charge is -2.34. The standard InChI is InChI=1S/C21H21N5O4/c27-18(15-26-21(29)23-19(30-26)16-7-3-1-4-8-16)24-11-13-25(14-12-24)20(28)22-17-9-5-2-6-10-17/h1-10H,11-15H2,(H,22,28). The number of benzene rings is 2. The summed E-state index contributed by atoms with van der Waals surface area (Å²) < 4.78 is 6.42. The van der Waals surface area contributed by atoms with E-state index in [1.54, 1.807) is 21.9 Å². The minimum atomic E-state index is -0.608. The largest absolute Gasteiger partial charge is 0.380 e. The highest BCUT2D eigenvalue weighted by atomic mass is 16.5. The van der Waals surface area contributed by atoms with Crippen molar-refractivity contribution in [1.82, 2.24) is 19.5 Å². The summed E-state index contributed by atoms with van der Waals surface area (Å²) in [6.07, 6.45) is 0. The Labute approximate surface area is 172 Å². The van der Waals surface area contributed by atoms with Crippen LogP contribution in [-0.4, -0.2) is 57.6 Å². The number of rotatable bonds is 4. The maximum atomic E-state index is 12.6. The molecule has 3 aromatic rings. The van der Waals surface area contributed by atoms with Crippen LogP contribution in [0.15, 0.2) is 70.0 Å². The van der Waals surface area contributed by atoms with Crippen LogP contribution in [0.1, 0.15) is 0 Å². The number of anilines is 1. The fourth-order valence-corrected chi connectivity index (χ4v) is 3.21. The summed E-state index contributed by atoms with van der Waals surface area (Å²) in [6.45, 7) is 1.36. The quantitative estimate of drug-likeness (QED) is 0.712. The fraction of sp³-hybridized carbons (Fsp3) is 0.238. The van der Waals surface area contributed by atoms with Crippen molar-refractivity contribution in [2.24, 2.45) is 0 Å². The number of carbonyl (C=O) groups excluding carboxylic acids is 2. The zero-order valence-electron chi connectivity index (χ0n) is 16.2. The van der Waals surface area contributed by atoms with Gasteiger partial charge in [0.25, 0.3) is 5.89 Å². The second kappa shape index (κ2) is 8.64. The third-order valence-corrected chi connectivity index (χ3v) is 4.85. The first kappa shape index (κ1) is 19.4. The number of aromatic nitrogens is 2. The first-order valence-electron chi connectivity index (χ1n) is 9.62. The molecule has 9 nitrogen and oxygen atoms in total. The molecule has 0 saturated carbocycles. The molecule has 2 heterocycles. The molecule has 30 heavy (non-hydrogen) atoms. The van der Waals surface area contributed by atoms with Crippen LogP contribution in [0.5, 0.6) is 0 Å². The summed E-state index contributed by atoms with van der Waals surface area (Å²) in [5, 5.41) is 2.84. The van der Waals surface area contributed by atoms with Gasteiger partial charge in [-0.1, -0.05) is 36.4 Å². The van der Waals surface area contributed by atoms with E-state index in [1.807, 2.05) is 48.5 Å². The van der Waals surface area contributed by atoms with Gasteiger partial charge in [0.2, 0.25) is 5.91 Å². The highest BCUT2D eigenvalue weighted by Gasteiger charge is 2.25. The first-order valence-corrected chi connectivity index (χ1v) is 9.62. The predicted molar refractivity (Wildman–Crippen MR) is 110 cm³/mol. The number of hydrogen-bond donors (Lipinski definition) is 1. The van der Waals surface area contributed by atoms with Crippen molar-refractivity contribution < 1.29 is 14.1 Å². The predicted octanol–water partition coefficient (Wildman–Crippen LogP) is 1.88. The third-order valence-electron chi connectivity index (χ3n) is 4.85. The van der Waals surface area contributed by atoms with E-state index in [1.165, 1.54) is 0 Å². The number of carbonyl (C=O) groups is 2. The van der Waals surface area contributed by atoms with Gasteiger partial charge in [0, 0.05) is 37.4 Å². The van der Waals surface area contributed by atoms with Crippen molar-refractivity contribution in [3.8, 4) is 11.5 Å². The molecule has 0 spiro atoms. The van der Waals surface area contributed by atoms with Crippen LogP contribution in [0.2, 0.25) is 0 Å². The number of piperazine rings is 1. The Hall–Kier alpha value is -3.88. The van der Waals surface area contributed by atoms with E-state index in [2.05, 4.69) is 10.3 Å². The van der Waals surface area contributed by atoms with E-state index in [9.17, 15) is 14.4 Å². The zero-order valence-corrected chi connectivity index (χ0v) is 16.2. The smallest absolute Gasteiger partial charge is 0.354 e. The topological polar surface area (TPSA) is 101 Å². The Bertz CT molecular complexity index is 1070. The average Bonchev–Trinajstić information content (AvgIpc) is 3.15. The summed E-state index contributed by atoms with van der Waals surface area (Å²) in [5.74, 6) is -0.0771. The number of urea groups is 1. The van der Waals surface area contributed by atoms with Gasteiger partial charge in [-0.3, -0.25) is 4.79 Å². The minimum Gasteiger partial charge on any atom is -0.354 e. The van der Waals surface area contributed by atoms with Gasteiger partial charge in [-0.15, -0.1) is 4.74 Å². The molecule has 154 valence electrons. The number of amides is 3. The van der Waals surface area contributed by atoms with Gasteiger partial charge in [-0.2, -0.15) is 4.98 Å². The van der Waals surface area contributed by atoms with E-state index in [-0.39, 0.29) is 24.4 Å². The molecular formula is C21H21N5O4. The molecule has 2 aromatic carbocycles. The molecule has 0 radical (unpaired) electrons. The fourth-order valence-electron chi connectivity index (χ4n) is 3.21. The highest BCUT2D eigenvalue weighted by molar-refractivity contribution is 5.89. The molecule has 1 aromatic heterocycles. The van der Waals surface area contributed by atoms with Crippen LogP contribution in [0, 0.1) is 0 Å². The molecule has 0 aliphatic carbocycles. The normalized spacial score (nSPS) is 13.9. The second-order valence-electron chi connectivity index (χ2n) is 6.86. The van der Waals surface area contributed by atoms with Gasteiger partial charge in [0.1, 0.15) is 6.54 Å². The van der Waals surface area contributed by atoms with Gasteiger partial charge in [-0.05, 0) is 24.3 Å². The van der Waals surface area contributed by atoms with E-state index >= 15 is 0 Å². The van der Waals surface area contributed by atoms with Crippen LogP contribution >= 0.6 is 0 Å². The van der Waals surface area contributed by atoms with Crippen molar-refractivity contribution in [1.29, 1.82) is 0 Å².